The highest BCUT2D eigenvalue weighted by Gasteiger charge is 2.30. The summed E-state index contributed by atoms with van der Waals surface area (Å²) in [7, 11) is 0. The number of carbonyl (C=O) groups excluding carboxylic acids is 1. The van der Waals surface area contributed by atoms with E-state index in [0.717, 1.165) is 24.4 Å². The lowest BCUT2D eigenvalue weighted by Crippen LogP contribution is -2.15. The lowest BCUT2D eigenvalue weighted by atomic mass is 10.3. The number of carbonyl (C=O) groups is 1. The highest BCUT2D eigenvalue weighted by atomic mass is 35.5. The van der Waals surface area contributed by atoms with Crippen LogP contribution in [-0.2, 0) is 11.3 Å². The summed E-state index contributed by atoms with van der Waals surface area (Å²) in [6.45, 7) is 0.564. The van der Waals surface area contributed by atoms with Crippen LogP contribution >= 0.6 is 23.4 Å². The number of pyridine rings is 1. The van der Waals surface area contributed by atoms with Crippen LogP contribution < -0.4 is 5.32 Å². The molecule has 0 spiro atoms. The molecule has 0 aliphatic heterocycles. The Labute approximate surface area is 159 Å². The molecule has 1 saturated carbocycles. The van der Waals surface area contributed by atoms with Crippen LogP contribution in [0.25, 0.3) is 0 Å². The fraction of sp³-hybridized carbons (Fsp3) is 0.294. The summed E-state index contributed by atoms with van der Waals surface area (Å²) in [5.74, 6) is 2.78. The van der Waals surface area contributed by atoms with Crippen LogP contribution in [0.1, 0.15) is 30.3 Å². The summed E-state index contributed by atoms with van der Waals surface area (Å²) >= 11 is 7.14. The van der Waals surface area contributed by atoms with Gasteiger partial charge in [-0.2, -0.15) is 0 Å². The molecule has 1 aliphatic rings. The zero-order chi connectivity index (χ0) is 17.9. The fourth-order valence-corrected chi connectivity index (χ4v) is 3.37. The first-order valence-corrected chi connectivity index (χ1v) is 9.55. The molecule has 3 heterocycles. The first kappa shape index (κ1) is 17.1. The van der Waals surface area contributed by atoms with E-state index in [4.69, 9.17) is 16.0 Å². The molecule has 0 radical (unpaired) electrons. The molecule has 26 heavy (non-hydrogen) atoms. The van der Waals surface area contributed by atoms with E-state index in [9.17, 15) is 4.79 Å². The molecule has 9 heteroatoms. The number of aromatic nitrogens is 4. The average Bonchev–Trinajstić information content (AvgIpc) is 3.20. The zero-order valence-electron chi connectivity index (χ0n) is 13.8. The normalized spacial score (nSPS) is 13.7. The van der Waals surface area contributed by atoms with Gasteiger partial charge in [-0.3, -0.25) is 9.36 Å². The van der Waals surface area contributed by atoms with Gasteiger partial charge in [0.1, 0.15) is 17.4 Å². The predicted molar refractivity (Wildman–Crippen MR) is 98.4 cm³/mol. The van der Waals surface area contributed by atoms with Crippen LogP contribution in [0, 0.1) is 0 Å². The largest absolute Gasteiger partial charge is 0.467 e. The van der Waals surface area contributed by atoms with Gasteiger partial charge in [-0.05, 0) is 37.1 Å². The van der Waals surface area contributed by atoms with Crippen LogP contribution in [-0.4, -0.2) is 31.4 Å². The molecule has 0 unspecified atom stereocenters. The van der Waals surface area contributed by atoms with Gasteiger partial charge in [-0.25, -0.2) is 4.98 Å². The Morgan fingerprint density at radius 3 is 2.92 bits per heavy atom. The number of halogens is 1. The van der Waals surface area contributed by atoms with E-state index in [1.54, 1.807) is 18.4 Å². The molecular weight excluding hydrogens is 374 g/mol. The highest BCUT2D eigenvalue weighted by Crippen LogP contribution is 2.40. The lowest BCUT2D eigenvalue weighted by molar-refractivity contribution is -0.113. The Morgan fingerprint density at radius 1 is 1.35 bits per heavy atom. The third-order valence-electron chi connectivity index (χ3n) is 3.91. The summed E-state index contributed by atoms with van der Waals surface area (Å²) in [4.78, 5) is 16.2. The Kier molecular flexibility index (Phi) is 4.94. The van der Waals surface area contributed by atoms with Crippen LogP contribution in [0.3, 0.4) is 0 Å². The molecule has 0 bridgehead atoms. The third-order valence-corrected chi connectivity index (χ3v) is 5.10. The minimum Gasteiger partial charge on any atom is -0.467 e. The monoisotopic (exact) mass is 389 g/mol. The number of furan rings is 1. The summed E-state index contributed by atoms with van der Waals surface area (Å²) in [5, 5.41) is 12.6. The summed E-state index contributed by atoms with van der Waals surface area (Å²) in [5.41, 5.74) is 0. The maximum atomic E-state index is 12.2. The molecule has 4 rings (SSSR count). The second kappa shape index (κ2) is 7.51. The van der Waals surface area contributed by atoms with E-state index in [0.29, 0.717) is 28.5 Å². The molecule has 1 fully saturated rings. The van der Waals surface area contributed by atoms with Crippen LogP contribution in [0.4, 0.5) is 5.82 Å². The highest BCUT2D eigenvalue weighted by molar-refractivity contribution is 7.99. The average molecular weight is 390 g/mol. The Balaban J connectivity index is 1.42. The number of thioether (sulfide) groups is 1. The van der Waals surface area contributed by atoms with Crippen molar-refractivity contribution in [3.8, 4) is 0 Å². The third kappa shape index (κ3) is 4.08. The number of anilines is 1. The number of rotatable bonds is 7. The van der Waals surface area contributed by atoms with E-state index in [1.807, 2.05) is 16.7 Å². The maximum Gasteiger partial charge on any atom is 0.236 e. The van der Waals surface area contributed by atoms with E-state index in [2.05, 4.69) is 20.5 Å². The molecule has 134 valence electrons. The molecule has 0 aromatic carbocycles. The number of nitrogens with one attached hydrogen (secondary N) is 1. The van der Waals surface area contributed by atoms with Crippen molar-refractivity contribution < 1.29 is 9.21 Å². The van der Waals surface area contributed by atoms with Crippen molar-refractivity contribution in [1.82, 2.24) is 19.7 Å². The second-order valence-electron chi connectivity index (χ2n) is 5.98. The zero-order valence-corrected chi connectivity index (χ0v) is 15.3. The molecule has 3 aromatic heterocycles. The Hall–Kier alpha value is -2.32. The Bertz CT molecular complexity index is 891. The quantitative estimate of drug-likeness (QED) is 0.621. The molecule has 1 amide bonds. The van der Waals surface area contributed by atoms with Gasteiger partial charge in [-0.15, -0.1) is 10.2 Å². The molecule has 1 N–H and O–H groups in total. The van der Waals surface area contributed by atoms with Crippen LogP contribution in [0.5, 0.6) is 0 Å². The van der Waals surface area contributed by atoms with Crippen molar-refractivity contribution in [3.05, 3.63) is 53.3 Å². The van der Waals surface area contributed by atoms with Crippen molar-refractivity contribution in [2.24, 2.45) is 0 Å². The van der Waals surface area contributed by atoms with Crippen molar-refractivity contribution in [1.29, 1.82) is 0 Å². The van der Waals surface area contributed by atoms with E-state index in [1.165, 1.54) is 18.0 Å². The van der Waals surface area contributed by atoms with E-state index in [-0.39, 0.29) is 11.7 Å². The lowest BCUT2D eigenvalue weighted by Gasteiger charge is -2.08. The van der Waals surface area contributed by atoms with E-state index < -0.39 is 0 Å². The van der Waals surface area contributed by atoms with Gasteiger partial charge in [0.05, 0.1) is 23.6 Å². The van der Waals surface area contributed by atoms with Gasteiger partial charge in [-0.1, -0.05) is 23.4 Å². The van der Waals surface area contributed by atoms with Crippen molar-refractivity contribution in [2.75, 3.05) is 11.1 Å². The van der Waals surface area contributed by atoms with Crippen LogP contribution in [0.15, 0.2) is 46.3 Å². The second-order valence-corrected chi connectivity index (χ2v) is 7.36. The maximum absolute atomic E-state index is 12.2. The van der Waals surface area contributed by atoms with Crippen molar-refractivity contribution >= 4 is 35.1 Å². The minimum atomic E-state index is -0.162. The smallest absolute Gasteiger partial charge is 0.236 e. The molecule has 0 saturated heterocycles. The molecule has 0 atom stereocenters. The summed E-state index contributed by atoms with van der Waals surface area (Å²) < 4.78 is 7.48. The number of hydrogen-bond donors (Lipinski definition) is 1. The van der Waals surface area contributed by atoms with Gasteiger partial charge >= 0.3 is 0 Å². The predicted octanol–water partition coefficient (Wildman–Crippen LogP) is 3.58. The number of hydrogen-bond acceptors (Lipinski definition) is 6. The van der Waals surface area contributed by atoms with Gasteiger partial charge in [0.25, 0.3) is 0 Å². The first-order chi connectivity index (χ1) is 12.7. The molecular formula is C17H16ClN5O2S. The first-order valence-electron chi connectivity index (χ1n) is 8.19. The molecule has 1 aliphatic carbocycles. The minimum absolute atomic E-state index is 0.162. The topological polar surface area (TPSA) is 85.8 Å². The number of nitrogens with zero attached hydrogens (tertiary/aromatic N) is 4. The van der Waals surface area contributed by atoms with Gasteiger partial charge < -0.3 is 9.73 Å². The number of amides is 1. The van der Waals surface area contributed by atoms with Gasteiger partial charge in [0.15, 0.2) is 5.16 Å². The van der Waals surface area contributed by atoms with Gasteiger partial charge in [0, 0.05) is 12.1 Å². The van der Waals surface area contributed by atoms with E-state index >= 15 is 0 Å². The van der Waals surface area contributed by atoms with Crippen molar-refractivity contribution in [3.63, 3.8) is 0 Å². The standard InChI is InChI=1S/C17H16ClN5O2S/c18-12-5-6-14(19-8-12)20-15(24)10-26-17-22-21-16(11-3-4-11)23(17)9-13-2-1-7-25-13/h1-2,5-8,11H,3-4,9-10H2,(H,19,20,24). The van der Waals surface area contributed by atoms with Gasteiger partial charge in [0.2, 0.25) is 5.91 Å². The fourth-order valence-electron chi connectivity index (χ4n) is 2.52. The van der Waals surface area contributed by atoms with Crippen molar-refractivity contribution in [2.45, 2.75) is 30.5 Å². The van der Waals surface area contributed by atoms with Crippen LogP contribution in [0.2, 0.25) is 5.02 Å². The summed E-state index contributed by atoms with van der Waals surface area (Å²) in [6, 6.07) is 7.12. The molecule has 3 aromatic rings. The summed E-state index contributed by atoms with van der Waals surface area (Å²) in [6.07, 6.45) is 5.40. The molecule has 7 nitrogen and oxygen atoms in total. The SMILES string of the molecule is O=C(CSc1nnc(C2CC2)n1Cc1ccco1)Nc1ccc(Cl)cn1. The Morgan fingerprint density at radius 2 is 2.23 bits per heavy atom.